The molecule has 3 atom stereocenters. The number of likely N-dealkylation sites (tertiary alicyclic amines) is 1. The lowest BCUT2D eigenvalue weighted by atomic mass is 9.96. The Morgan fingerprint density at radius 3 is 2.82 bits per heavy atom. The molecule has 230 valence electrons. The summed E-state index contributed by atoms with van der Waals surface area (Å²) in [7, 11) is 0. The molecule has 4 aromatic rings. The summed E-state index contributed by atoms with van der Waals surface area (Å²) >= 11 is 0. The Morgan fingerprint density at radius 1 is 1.13 bits per heavy atom. The van der Waals surface area contributed by atoms with E-state index in [1.807, 2.05) is 12.1 Å². The van der Waals surface area contributed by atoms with Crippen LogP contribution in [-0.2, 0) is 0 Å². The fourth-order valence-electron chi connectivity index (χ4n) is 8.04. The van der Waals surface area contributed by atoms with E-state index in [2.05, 4.69) is 21.0 Å². The third-order valence-electron chi connectivity index (χ3n) is 10.5. The van der Waals surface area contributed by atoms with Crippen LogP contribution in [0, 0.1) is 23.6 Å². The van der Waals surface area contributed by atoms with Crippen LogP contribution in [0.25, 0.3) is 32.9 Å². The number of piperazine rings is 1. The normalized spacial score (nSPS) is 24.7. The molecule has 0 radical (unpaired) electrons. The lowest BCUT2D eigenvalue weighted by Gasteiger charge is -2.40. The monoisotopic (exact) mass is 606 g/mol. The van der Waals surface area contributed by atoms with Crippen LogP contribution in [0.1, 0.15) is 44.1 Å². The third kappa shape index (κ3) is 4.47. The van der Waals surface area contributed by atoms with Gasteiger partial charge in [0.25, 0.3) is 0 Å². The van der Waals surface area contributed by atoms with Crippen LogP contribution < -0.4 is 19.7 Å². The van der Waals surface area contributed by atoms with Gasteiger partial charge in [0, 0.05) is 47.1 Å². The average molecular weight is 607 g/mol. The first kappa shape index (κ1) is 27.1. The summed E-state index contributed by atoms with van der Waals surface area (Å²) in [5.41, 5.74) is 1.17. The van der Waals surface area contributed by atoms with Gasteiger partial charge in [-0.05, 0) is 75.2 Å². The van der Waals surface area contributed by atoms with Crippen molar-refractivity contribution >= 4 is 27.5 Å². The minimum atomic E-state index is -0.626. The molecule has 6 heterocycles. The number of aromatic hydroxyl groups is 1. The number of hydrogen-bond donors (Lipinski definition) is 2. The van der Waals surface area contributed by atoms with E-state index in [-0.39, 0.29) is 46.3 Å². The van der Waals surface area contributed by atoms with Gasteiger partial charge in [-0.15, -0.1) is 6.42 Å². The largest absolute Gasteiger partial charge is 0.508 e. The van der Waals surface area contributed by atoms with E-state index >= 15 is 4.39 Å². The minimum Gasteiger partial charge on any atom is -0.508 e. The highest BCUT2D eigenvalue weighted by Gasteiger charge is 2.46. The number of nitrogens with one attached hydrogen (secondary N) is 1. The van der Waals surface area contributed by atoms with Gasteiger partial charge in [-0.25, -0.2) is 9.37 Å². The van der Waals surface area contributed by atoms with E-state index in [0.717, 1.165) is 51.9 Å². The number of ether oxygens (including phenoxy) is 2. The quantitative estimate of drug-likeness (QED) is 0.305. The molecule has 9 nitrogen and oxygen atoms in total. The predicted molar refractivity (Wildman–Crippen MR) is 169 cm³/mol. The highest BCUT2D eigenvalue weighted by molar-refractivity contribution is 6.04. The van der Waals surface area contributed by atoms with Crippen molar-refractivity contribution in [3.05, 3.63) is 41.7 Å². The van der Waals surface area contributed by atoms with Crippen LogP contribution in [0.15, 0.2) is 30.3 Å². The smallest absolute Gasteiger partial charge is 0.319 e. The average Bonchev–Trinajstić information content (AvgIpc) is 3.47. The first-order valence-corrected chi connectivity index (χ1v) is 16.1. The SMILES string of the molecule is C#Cc1cccc2cc(O)cc(-c3nc4c5c(nc(OCC6(CN7CCCC7)CC6)nc5c3F)N3C[C@H]5CC[C@H](N5)[C@H]3CO4)c12. The number of rotatable bonds is 6. The molecule has 2 bridgehead atoms. The number of aromatic nitrogens is 3. The van der Waals surface area contributed by atoms with Crippen molar-refractivity contribution in [2.45, 2.75) is 56.7 Å². The van der Waals surface area contributed by atoms with E-state index in [1.54, 1.807) is 12.1 Å². The molecule has 4 fully saturated rings. The van der Waals surface area contributed by atoms with E-state index in [1.165, 1.54) is 18.9 Å². The van der Waals surface area contributed by atoms with Gasteiger partial charge in [-0.3, -0.25) is 0 Å². The number of pyridine rings is 1. The van der Waals surface area contributed by atoms with E-state index < -0.39 is 5.82 Å². The Labute approximate surface area is 260 Å². The maximum atomic E-state index is 17.0. The van der Waals surface area contributed by atoms with Crippen molar-refractivity contribution in [2.75, 3.05) is 44.3 Å². The van der Waals surface area contributed by atoms with E-state index in [9.17, 15) is 5.11 Å². The molecule has 45 heavy (non-hydrogen) atoms. The molecule has 3 saturated heterocycles. The highest BCUT2D eigenvalue weighted by Crippen LogP contribution is 2.48. The van der Waals surface area contributed by atoms with Gasteiger partial charge in [0.2, 0.25) is 5.88 Å². The number of phenolic OH excluding ortho intramolecular Hbond substituents is 1. The second-order valence-corrected chi connectivity index (χ2v) is 13.5. The molecule has 9 rings (SSSR count). The summed E-state index contributed by atoms with van der Waals surface area (Å²) in [4.78, 5) is 19.2. The zero-order chi connectivity index (χ0) is 30.3. The molecule has 2 N–H and O–H groups in total. The molecule has 2 aromatic heterocycles. The maximum Gasteiger partial charge on any atom is 0.319 e. The first-order valence-electron chi connectivity index (χ1n) is 16.1. The van der Waals surface area contributed by atoms with Gasteiger partial charge in [0.15, 0.2) is 5.82 Å². The zero-order valence-electron chi connectivity index (χ0n) is 25.1. The summed E-state index contributed by atoms with van der Waals surface area (Å²) in [6, 6.07) is 9.33. The number of benzene rings is 2. The van der Waals surface area contributed by atoms with Crippen LogP contribution in [0.5, 0.6) is 17.6 Å². The van der Waals surface area contributed by atoms with Gasteiger partial charge in [0.1, 0.15) is 34.8 Å². The van der Waals surface area contributed by atoms with Crippen LogP contribution in [0.4, 0.5) is 10.2 Å². The maximum absolute atomic E-state index is 17.0. The summed E-state index contributed by atoms with van der Waals surface area (Å²) in [6.45, 7) is 4.90. The van der Waals surface area contributed by atoms with Gasteiger partial charge >= 0.3 is 6.01 Å². The van der Waals surface area contributed by atoms with Gasteiger partial charge in [0.05, 0.1) is 12.6 Å². The lowest BCUT2D eigenvalue weighted by molar-refractivity contribution is 0.170. The van der Waals surface area contributed by atoms with Crippen LogP contribution in [0.3, 0.4) is 0 Å². The second kappa shape index (κ2) is 10.2. The standard InChI is InChI=1S/C35H35FN6O3/c1-2-20-6-5-7-21-14-23(43)15-24(27(20)21)30-29(36)31-28-32(42-16-22-8-9-25(37-22)26(42)17-44-33(28)38-30)40-34(39-31)45-19-35(10-11-35)18-41-12-3-4-13-41/h1,5-7,14-15,22,25-26,37,43H,3-4,8-13,16-19H2/t22-,25+,26-/m1/s1. The fourth-order valence-corrected chi connectivity index (χ4v) is 8.04. The molecule has 1 aliphatic carbocycles. The summed E-state index contributed by atoms with van der Waals surface area (Å²) in [5, 5.41) is 16.2. The van der Waals surface area contributed by atoms with Crippen molar-refractivity contribution in [3.8, 4) is 41.2 Å². The molecule has 0 unspecified atom stereocenters. The molecular formula is C35H35FN6O3. The Balaban J connectivity index is 1.20. The van der Waals surface area contributed by atoms with Crippen molar-refractivity contribution < 1.29 is 19.0 Å². The van der Waals surface area contributed by atoms with Gasteiger partial charge < -0.3 is 29.7 Å². The third-order valence-corrected chi connectivity index (χ3v) is 10.5. The Hall–Kier alpha value is -4.20. The van der Waals surface area contributed by atoms with Crippen LogP contribution in [-0.4, -0.2) is 82.5 Å². The Morgan fingerprint density at radius 2 is 2.00 bits per heavy atom. The lowest BCUT2D eigenvalue weighted by Crippen LogP contribution is -2.60. The first-order chi connectivity index (χ1) is 22.0. The van der Waals surface area contributed by atoms with Gasteiger partial charge in [-0.2, -0.15) is 9.97 Å². The molecule has 10 heteroatoms. The number of halogens is 1. The van der Waals surface area contributed by atoms with Crippen molar-refractivity contribution in [2.24, 2.45) is 5.41 Å². The summed E-state index contributed by atoms with van der Waals surface area (Å²) in [5.74, 6) is 2.95. The van der Waals surface area contributed by atoms with Crippen LogP contribution in [0.2, 0.25) is 0 Å². The molecule has 1 saturated carbocycles. The minimum absolute atomic E-state index is 0.00925. The topological polar surface area (TPSA) is 95.9 Å². The molecule has 2 aromatic carbocycles. The molecule has 5 aliphatic rings. The molecular weight excluding hydrogens is 571 g/mol. The number of fused-ring (bicyclic) bond motifs is 6. The second-order valence-electron chi connectivity index (χ2n) is 13.5. The van der Waals surface area contributed by atoms with E-state index in [0.29, 0.717) is 52.4 Å². The molecule has 4 aliphatic heterocycles. The summed E-state index contributed by atoms with van der Waals surface area (Å²) < 4.78 is 29.8. The summed E-state index contributed by atoms with van der Waals surface area (Å²) in [6.07, 6.45) is 12.7. The van der Waals surface area contributed by atoms with Crippen molar-refractivity contribution in [3.63, 3.8) is 0 Å². The number of phenols is 1. The van der Waals surface area contributed by atoms with Gasteiger partial charge in [-0.1, -0.05) is 18.1 Å². The number of hydrogen-bond acceptors (Lipinski definition) is 9. The molecule has 0 spiro atoms. The van der Waals surface area contributed by atoms with Crippen molar-refractivity contribution in [1.82, 2.24) is 25.2 Å². The number of terminal acetylenes is 1. The zero-order valence-corrected chi connectivity index (χ0v) is 25.1. The van der Waals surface area contributed by atoms with E-state index in [4.69, 9.17) is 30.8 Å². The Kier molecular flexibility index (Phi) is 6.13. The van der Waals surface area contributed by atoms with Crippen LogP contribution >= 0.6 is 0 Å². The predicted octanol–water partition coefficient (Wildman–Crippen LogP) is 4.63. The Bertz CT molecular complexity index is 1900. The molecule has 0 amide bonds. The van der Waals surface area contributed by atoms with Crippen molar-refractivity contribution in [1.29, 1.82) is 0 Å². The highest BCUT2D eigenvalue weighted by atomic mass is 19.1. The number of nitrogens with zero attached hydrogens (tertiary/aromatic N) is 5. The fraction of sp³-hybridized carbons (Fsp3) is 0.457. The number of anilines is 1.